The Labute approximate surface area is 155 Å². The summed E-state index contributed by atoms with van der Waals surface area (Å²) in [5.74, 6) is 2.06. The van der Waals surface area contributed by atoms with Gasteiger partial charge in [0.25, 0.3) is 5.82 Å². The molecule has 1 aromatic carbocycles. The number of aryl methyl sites for hydroxylation is 2. The van der Waals surface area contributed by atoms with Gasteiger partial charge in [0.2, 0.25) is 6.41 Å². The minimum Gasteiger partial charge on any atom is -0.497 e. The first-order valence-corrected chi connectivity index (χ1v) is 8.43. The number of carbonyl (C=O) groups is 1. The summed E-state index contributed by atoms with van der Waals surface area (Å²) >= 11 is 5.91. The number of hydrogen-bond donors (Lipinski definition) is 1. The van der Waals surface area contributed by atoms with E-state index >= 15 is 0 Å². The zero-order valence-corrected chi connectivity index (χ0v) is 15.6. The second-order valence-electron chi connectivity index (χ2n) is 5.71. The zero-order chi connectivity index (χ0) is 18.8. The van der Waals surface area contributed by atoms with Gasteiger partial charge in [-0.3, -0.25) is 9.69 Å². The van der Waals surface area contributed by atoms with Crippen molar-refractivity contribution >= 4 is 40.7 Å². The van der Waals surface area contributed by atoms with E-state index in [1.54, 1.807) is 7.11 Å². The smallest absolute Gasteiger partial charge is 0.277 e. The summed E-state index contributed by atoms with van der Waals surface area (Å²) in [6.07, 6.45) is 2.02. The summed E-state index contributed by atoms with van der Waals surface area (Å²) in [5, 5.41) is 0.172. The second kappa shape index (κ2) is 7.17. The first kappa shape index (κ1) is 17.9. The second-order valence-corrected chi connectivity index (χ2v) is 6.10. The van der Waals surface area contributed by atoms with Crippen LogP contribution < -0.4 is 19.9 Å². The number of nitrogens with zero attached hydrogens (tertiary/aromatic N) is 5. The number of halogens is 1. The number of nitrogen functional groups attached to an aromatic ring is 1. The van der Waals surface area contributed by atoms with Gasteiger partial charge in [-0.15, -0.1) is 0 Å². The van der Waals surface area contributed by atoms with E-state index < -0.39 is 0 Å². The molecule has 1 amide bonds. The molecule has 3 rings (SSSR count). The quantitative estimate of drug-likeness (QED) is 0.523. The fourth-order valence-electron chi connectivity index (χ4n) is 3.03. The SMILES string of the molecule is CCn1c(CN(C=O)c2nc(Cl)cnc2N)[n+](C)c2ccc(OC)cc21. The lowest BCUT2D eigenvalue weighted by Crippen LogP contribution is -2.38. The molecule has 3 aromatic rings. The predicted molar refractivity (Wildman–Crippen MR) is 99.0 cm³/mol. The molecule has 0 aliphatic rings. The summed E-state index contributed by atoms with van der Waals surface area (Å²) in [7, 11) is 3.59. The van der Waals surface area contributed by atoms with Crippen molar-refractivity contribution in [3.8, 4) is 5.75 Å². The summed E-state index contributed by atoms with van der Waals surface area (Å²) in [5.41, 5.74) is 7.92. The van der Waals surface area contributed by atoms with Crippen molar-refractivity contribution < 1.29 is 14.1 Å². The van der Waals surface area contributed by atoms with Crippen LogP contribution in [0.4, 0.5) is 11.6 Å². The number of aromatic nitrogens is 4. The highest BCUT2D eigenvalue weighted by Crippen LogP contribution is 2.24. The zero-order valence-electron chi connectivity index (χ0n) is 14.8. The molecule has 8 nitrogen and oxygen atoms in total. The van der Waals surface area contributed by atoms with Gasteiger partial charge in [0.05, 0.1) is 26.9 Å². The molecule has 0 radical (unpaired) electrons. The van der Waals surface area contributed by atoms with E-state index in [4.69, 9.17) is 22.1 Å². The molecule has 136 valence electrons. The number of anilines is 2. The number of amides is 1. The Morgan fingerprint density at radius 1 is 1.46 bits per heavy atom. The van der Waals surface area contributed by atoms with E-state index in [2.05, 4.69) is 14.5 Å². The lowest BCUT2D eigenvalue weighted by atomic mass is 10.3. The molecule has 0 bridgehead atoms. The van der Waals surface area contributed by atoms with Crippen LogP contribution in [0, 0.1) is 0 Å². The normalized spacial score (nSPS) is 10.9. The Morgan fingerprint density at radius 2 is 2.23 bits per heavy atom. The van der Waals surface area contributed by atoms with E-state index in [0.717, 1.165) is 29.2 Å². The Bertz CT molecular complexity index is 972. The van der Waals surface area contributed by atoms with Crippen LogP contribution in [-0.2, 0) is 24.9 Å². The van der Waals surface area contributed by atoms with Crippen LogP contribution in [0.1, 0.15) is 12.7 Å². The molecule has 0 atom stereocenters. The minimum absolute atomic E-state index is 0.144. The van der Waals surface area contributed by atoms with Crippen molar-refractivity contribution in [2.24, 2.45) is 7.05 Å². The van der Waals surface area contributed by atoms with Crippen molar-refractivity contribution in [1.82, 2.24) is 14.5 Å². The molecule has 0 saturated heterocycles. The number of methoxy groups -OCH3 is 1. The Morgan fingerprint density at radius 3 is 2.88 bits per heavy atom. The van der Waals surface area contributed by atoms with Gasteiger partial charge in [0.1, 0.15) is 17.4 Å². The van der Waals surface area contributed by atoms with Gasteiger partial charge >= 0.3 is 0 Å². The van der Waals surface area contributed by atoms with Gasteiger partial charge in [0.15, 0.2) is 22.7 Å². The minimum atomic E-state index is 0.144. The number of fused-ring (bicyclic) bond motifs is 1. The molecule has 0 fully saturated rings. The highest BCUT2D eigenvalue weighted by molar-refractivity contribution is 6.29. The van der Waals surface area contributed by atoms with E-state index in [9.17, 15) is 4.79 Å². The number of imidazole rings is 1. The van der Waals surface area contributed by atoms with E-state index in [1.807, 2.05) is 36.7 Å². The largest absolute Gasteiger partial charge is 0.497 e. The van der Waals surface area contributed by atoms with Crippen LogP contribution in [0.5, 0.6) is 5.75 Å². The lowest BCUT2D eigenvalue weighted by Gasteiger charge is -2.16. The van der Waals surface area contributed by atoms with Crippen molar-refractivity contribution in [2.75, 3.05) is 17.7 Å². The van der Waals surface area contributed by atoms with Gasteiger partial charge in [-0.25, -0.2) is 19.1 Å². The highest BCUT2D eigenvalue weighted by atomic mass is 35.5. The summed E-state index contributed by atoms with van der Waals surface area (Å²) < 4.78 is 9.48. The molecule has 0 aliphatic heterocycles. The van der Waals surface area contributed by atoms with Crippen molar-refractivity contribution in [1.29, 1.82) is 0 Å². The fourth-order valence-corrected chi connectivity index (χ4v) is 3.16. The average Bonchev–Trinajstić information content (AvgIpc) is 2.92. The van der Waals surface area contributed by atoms with Crippen LogP contribution in [0.15, 0.2) is 24.4 Å². The van der Waals surface area contributed by atoms with Crippen LogP contribution in [0.2, 0.25) is 5.15 Å². The van der Waals surface area contributed by atoms with Crippen molar-refractivity contribution in [2.45, 2.75) is 20.0 Å². The van der Waals surface area contributed by atoms with E-state index in [0.29, 0.717) is 6.41 Å². The summed E-state index contributed by atoms with van der Waals surface area (Å²) in [4.78, 5) is 21.2. The molecule has 0 spiro atoms. The number of hydrogen-bond acceptors (Lipinski definition) is 5. The molecule has 2 aromatic heterocycles. The third kappa shape index (κ3) is 3.03. The molecule has 0 aliphatic carbocycles. The summed E-state index contributed by atoms with van der Waals surface area (Å²) in [6, 6.07) is 5.87. The number of rotatable bonds is 6. The van der Waals surface area contributed by atoms with Crippen molar-refractivity contribution in [3.63, 3.8) is 0 Å². The van der Waals surface area contributed by atoms with Crippen LogP contribution in [-0.4, -0.2) is 28.1 Å². The van der Waals surface area contributed by atoms with Gasteiger partial charge in [-0.05, 0) is 19.1 Å². The lowest BCUT2D eigenvalue weighted by molar-refractivity contribution is -0.653. The molecule has 9 heteroatoms. The Hall–Kier alpha value is -2.87. The Kier molecular flexibility index (Phi) is 4.94. The van der Waals surface area contributed by atoms with Crippen LogP contribution >= 0.6 is 11.6 Å². The van der Waals surface area contributed by atoms with Crippen molar-refractivity contribution in [3.05, 3.63) is 35.4 Å². The van der Waals surface area contributed by atoms with Gasteiger partial charge < -0.3 is 10.5 Å². The molecule has 0 unspecified atom stereocenters. The van der Waals surface area contributed by atoms with Gasteiger partial charge in [-0.1, -0.05) is 11.6 Å². The number of nitrogens with two attached hydrogens (primary N) is 1. The molecular weight excluding hydrogens is 356 g/mol. The fraction of sp³-hybridized carbons (Fsp3) is 0.294. The molecule has 2 N–H and O–H groups in total. The maximum Gasteiger partial charge on any atom is 0.277 e. The third-order valence-electron chi connectivity index (χ3n) is 4.31. The van der Waals surface area contributed by atoms with Crippen LogP contribution in [0.25, 0.3) is 11.0 Å². The average molecular weight is 376 g/mol. The molecule has 26 heavy (non-hydrogen) atoms. The first-order chi connectivity index (χ1) is 12.5. The first-order valence-electron chi connectivity index (χ1n) is 8.05. The van der Waals surface area contributed by atoms with Crippen LogP contribution in [0.3, 0.4) is 0 Å². The highest BCUT2D eigenvalue weighted by Gasteiger charge is 2.26. The topological polar surface area (TPSA) is 90.2 Å². The number of ether oxygens (including phenoxy) is 1. The monoisotopic (exact) mass is 375 g/mol. The summed E-state index contributed by atoms with van der Waals surface area (Å²) in [6.45, 7) is 3.04. The standard InChI is InChI=1S/C17H20ClN6O2/c1-4-24-13-7-11(26-3)5-6-12(13)22(2)15(24)9-23(10-25)17-16(19)20-8-14(18)21-17/h5-8,10H,4,9H2,1-3H3,(H2,19,20)/q+1. The molecule has 0 saturated carbocycles. The third-order valence-corrected chi connectivity index (χ3v) is 4.49. The molecular formula is C17H20ClN6O2+. The van der Waals surface area contributed by atoms with Gasteiger partial charge in [0, 0.05) is 6.07 Å². The Balaban J connectivity index is 2.10. The number of benzene rings is 1. The van der Waals surface area contributed by atoms with E-state index in [-0.39, 0.29) is 23.3 Å². The van der Waals surface area contributed by atoms with E-state index in [1.165, 1.54) is 11.1 Å². The molecule has 2 heterocycles. The maximum atomic E-state index is 11.7. The maximum absolute atomic E-state index is 11.7. The number of carbonyl (C=O) groups excluding carboxylic acids is 1. The predicted octanol–water partition coefficient (Wildman–Crippen LogP) is 1.68. The van der Waals surface area contributed by atoms with Gasteiger partial charge in [-0.2, -0.15) is 0 Å².